The second-order valence-electron chi connectivity index (χ2n) is 11.1. The number of piperidine rings is 1. The molecule has 4 rings (SSSR count). The van der Waals surface area contributed by atoms with Crippen LogP contribution >= 0.6 is 0 Å². The largest absolute Gasteiger partial charge is 0.494 e. The first-order valence-corrected chi connectivity index (χ1v) is 14.5. The standard InChI is InChI=1S/C29H40F3N7O3/c1-5-39(18(2)40)25-9-7-6-8-19(25)14-22-21(29(30,31)32)16-34-28(36-22)37-24-17-33-23(15-26(24)42-4)27(41)35-20-10-12-38(3)13-11-20/h15-17,19-20,25H,5-14H2,1-4H3,(H,35,41)(H,34,36,37)/t19-,25+/m0/s1. The number of ether oxygens (including phenoxy) is 1. The zero-order valence-electron chi connectivity index (χ0n) is 24.6. The van der Waals surface area contributed by atoms with Crippen LogP contribution in [-0.4, -0.2) is 82.4 Å². The van der Waals surface area contributed by atoms with E-state index in [1.54, 1.807) is 4.90 Å². The van der Waals surface area contributed by atoms with Gasteiger partial charge in [-0.25, -0.2) is 15.0 Å². The lowest BCUT2D eigenvalue weighted by molar-refractivity contribution is -0.139. The van der Waals surface area contributed by atoms with Crippen LogP contribution < -0.4 is 15.4 Å². The minimum absolute atomic E-state index is 0.0482. The van der Waals surface area contributed by atoms with Crippen LogP contribution in [0.2, 0.25) is 0 Å². The normalized spacial score (nSPS) is 20.2. The molecule has 230 valence electrons. The number of amides is 2. The van der Waals surface area contributed by atoms with Gasteiger partial charge < -0.3 is 25.2 Å². The summed E-state index contributed by atoms with van der Waals surface area (Å²) in [5.74, 6) is -0.344. The first-order valence-electron chi connectivity index (χ1n) is 14.5. The van der Waals surface area contributed by atoms with Crippen molar-refractivity contribution in [3.63, 3.8) is 0 Å². The fourth-order valence-electron chi connectivity index (χ4n) is 6.00. The first kappa shape index (κ1) is 31.5. The molecular weight excluding hydrogens is 551 g/mol. The number of halogens is 3. The third kappa shape index (κ3) is 7.67. The van der Waals surface area contributed by atoms with Crippen molar-refractivity contribution < 1.29 is 27.5 Å². The lowest BCUT2D eigenvalue weighted by Crippen LogP contribution is -2.45. The van der Waals surface area contributed by atoms with E-state index in [9.17, 15) is 22.8 Å². The van der Waals surface area contributed by atoms with E-state index in [-0.39, 0.29) is 59.3 Å². The highest BCUT2D eigenvalue weighted by molar-refractivity contribution is 5.93. The first-order chi connectivity index (χ1) is 20.0. The molecule has 13 heteroatoms. The molecule has 1 aliphatic carbocycles. The summed E-state index contributed by atoms with van der Waals surface area (Å²) in [5.41, 5.74) is -0.546. The Morgan fingerprint density at radius 2 is 1.83 bits per heavy atom. The second-order valence-corrected chi connectivity index (χ2v) is 11.1. The molecule has 0 bridgehead atoms. The van der Waals surface area contributed by atoms with E-state index < -0.39 is 11.7 Å². The maximum atomic E-state index is 14.0. The molecule has 0 unspecified atom stereocenters. The van der Waals surface area contributed by atoms with E-state index >= 15 is 0 Å². The highest BCUT2D eigenvalue weighted by Gasteiger charge is 2.38. The minimum Gasteiger partial charge on any atom is -0.494 e. The molecule has 1 aliphatic heterocycles. The molecule has 3 heterocycles. The van der Waals surface area contributed by atoms with Crippen LogP contribution in [0.1, 0.15) is 74.1 Å². The summed E-state index contributed by atoms with van der Waals surface area (Å²) in [4.78, 5) is 41.5. The number of methoxy groups -OCH3 is 1. The van der Waals surface area contributed by atoms with Gasteiger partial charge in [-0.15, -0.1) is 0 Å². The summed E-state index contributed by atoms with van der Waals surface area (Å²) in [6, 6.07) is 1.39. The molecule has 42 heavy (non-hydrogen) atoms. The third-order valence-corrected chi connectivity index (χ3v) is 8.26. The van der Waals surface area contributed by atoms with E-state index in [2.05, 4.69) is 30.5 Å². The number of alkyl halides is 3. The van der Waals surface area contributed by atoms with Crippen LogP contribution in [0, 0.1) is 5.92 Å². The molecule has 10 nitrogen and oxygen atoms in total. The van der Waals surface area contributed by atoms with Crippen LogP contribution in [0.25, 0.3) is 0 Å². The van der Waals surface area contributed by atoms with Crippen molar-refractivity contribution in [2.24, 2.45) is 5.92 Å². The van der Waals surface area contributed by atoms with E-state index in [4.69, 9.17) is 4.74 Å². The molecule has 0 radical (unpaired) electrons. The molecular formula is C29H40F3N7O3. The molecule has 1 saturated heterocycles. The van der Waals surface area contributed by atoms with Gasteiger partial charge in [0, 0.05) is 37.8 Å². The number of nitrogens with zero attached hydrogens (tertiary/aromatic N) is 5. The van der Waals surface area contributed by atoms with Crippen molar-refractivity contribution >= 4 is 23.5 Å². The molecule has 0 aromatic carbocycles. The van der Waals surface area contributed by atoms with Gasteiger partial charge in [0.1, 0.15) is 17.1 Å². The summed E-state index contributed by atoms with van der Waals surface area (Å²) in [5, 5.41) is 5.92. The molecule has 2 aromatic rings. The maximum Gasteiger partial charge on any atom is 0.419 e. The zero-order chi connectivity index (χ0) is 30.4. The SMILES string of the molecule is CCN(C(C)=O)[C@@H]1CCCC[C@H]1Cc1nc(Nc2cnc(C(=O)NC3CCN(C)CC3)cc2OC)ncc1C(F)(F)F. The van der Waals surface area contributed by atoms with Gasteiger partial charge in [-0.1, -0.05) is 12.8 Å². The van der Waals surface area contributed by atoms with E-state index in [1.807, 2.05) is 14.0 Å². The fourth-order valence-corrected chi connectivity index (χ4v) is 6.00. The van der Waals surface area contributed by atoms with Crippen molar-refractivity contribution in [3.8, 4) is 5.75 Å². The van der Waals surface area contributed by atoms with Gasteiger partial charge in [0.05, 0.1) is 24.6 Å². The number of anilines is 2. The summed E-state index contributed by atoms with van der Waals surface area (Å²) in [6.45, 7) is 5.67. The van der Waals surface area contributed by atoms with Crippen molar-refractivity contribution in [3.05, 3.63) is 35.4 Å². The minimum atomic E-state index is -4.63. The maximum absolute atomic E-state index is 14.0. The summed E-state index contributed by atoms with van der Waals surface area (Å²) >= 11 is 0. The van der Waals surface area contributed by atoms with E-state index in [1.165, 1.54) is 26.3 Å². The lowest BCUT2D eigenvalue weighted by Gasteiger charge is -2.39. The van der Waals surface area contributed by atoms with E-state index in [0.717, 1.165) is 51.4 Å². The van der Waals surface area contributed by atoms with Crippen LogP contribution in [0.5, 0.6) is 5.75 Å². The number of hydrogen-bond donors (Lipinski definition) is 2. The van der Waals surface area contributed by atoms with Crippen LogP contribution in [0.3, 0.4) is 0 Å². The van der Waals surface area contributed by atoms with Gasteiger partial charge in [-0.2, -0.15) is 13.2 Å². The molecule has 2 N–H and O–H groups in total. The Labute approximate surface area is 244 Å². The predicted molar refractivity (Wildman–Crippen MR) is 152 cm³/mol. The molecule has 1 saturated carbocycles. The van der Waals surface area contributed by atoms with E-state index in [0.29, 0.717) is 18.7 Å². The molecule has 2 atom stereocenters. The van der Waals surface area contributed by atoms with Crippen LogP contribution in [-0.2, 0) is 17.4 Å². The Hall–Kier alpha value is -3.48. The van der Waals surface area contributed by atoms with Crippen molar-refractivity contribution in [1.29, 1.82) is 0 Å². The Bertz CT molecular complexity index is 1250. The Morgan fingerprint density at radius 3 is 2.48 bits per heavy atom. The van der Waals surface area contributed by atoms with Crippen molar-refractivity contribution in [2.45, 2.75) is 77.1 Å². The van der Waals surface area contributed by atoms with Gasteiger partial charge in [0.2, 0.25) is 11.9 Å². The number of nitrogens with one attached hydrogen (secondary N) is 2. The lowest BCUT2D eigenvalue weighted by atomic mass is 9.80. The van der Waals surface area contributed by atoms with Gasteiger partial charge in [0.25, 0.3) is 5.91 Å². The Kier molecular flexibility index (Phi) is 10.2. The monoisotopic (exact) mass is 591 g/mol. The number of carbonyl (C=O) groups excluding carboxylic acids is 2. The van der Waals surface area contributed by atoms with Crippen molar-refractivity contribution in [1.82, 2.24) is 30.1 Å². The molecule has 0 spiro atoms. The number of carbonyl (C=O) groups is 2. The topological polar surface area (TPSA) is 113 Å². The Morgan fingerprint density at radius 1 is 1.12 bits per heavy atom. The highest BCUT2D eigenvalue weighted by Crippen LogP contribution is 2.37. The summed E-state index contributed by atoms with van der Waals surface area (Å²) < 4.78 is 47.5. The summed E-state index contributed by atoms with van der Waals surface area (Å²) in [6.07, 6.45) is 2.55. The number of aromatic nitrogens is 3. The fraction of sp³-hybridized carbons (Fsp3) is 0.621. The zero-order valence-corrected chi connectivity index (χ0v) is 24.6. The van der Waals surface area contributed by atoms with Gasteiger partial charge in [0.15, 0.2) is 0 Å². The van der Waals surface area contributed by atoms with Gasteiger partial charge in [-0.05, 0) is 65.1 Å². The molecule has 2 aromatic heterocycles. The quantitative estimate of drug-likeness (QED) is 0.441. The van der Waals surface area contributed by atoms with Gasteiger partial charge >= 0.3 is 6.18 Å². The van der Waals surface area contributed by atoms with Crippen molar-refractivity contribution in [2.75, 3.05) is 39.1 Å². The van der Waals surface area contributed by atoms with Gasteiger partial charge in [-0.3, -0.25) is 9.59 Å². The van der Waals surface area contributed by atoms with Crippen LogP contribution in [0.4, 0.5) is 24.8 Å². The molecule has 2 amide bonds. The average molecular weight is 592 g/mol. The number of likely N-dealkylation sites (tertiary alicyclic amines) is 1. The molecule has 2 aliphatic rings. The second kappa shape index (κ2) is 13.7. The number of rotatable bonds is 9. The smallest absolute Gasteiger partial charge is 0.419 e. The molecule has 2 fully saturated rings. The number of pyridine rings is 1. The third-order valence-electron chi connectivity index (χ3n) is 8.26. The highest BCUT2D eigenvalue weighted by atomic mass is 19.4. The Balaban J connectivity index is 1.55. The van der Waals surface area contributed by atoms with Crippen LogP contribution in [0.15, 0.2) is 18.5 Å². The summed E-state index contributed by atoms with van der Waals surface area (Å²) in [7, 11) is 3.47. The average Bonchev–Trinajstić information content (AvgIpc) is 2.95. The predicted octanol–water partition coefficient (Wildman–Crippen LogP) is 4.44. The number of hydrogen-bond acceptors (Lipinski definition) is 8.